The minimum Gasteiger partial charge on any atom is -0.471 e. The molecule has 0 bridgehead atoms. The lowest BCUT2D eigenvalue weighted by atomic mass is 9.86. The fourth-order valence-electron chi connectivity index (χ4n) is 5.99. The molecule has 0 radical (unpaired) electrons. The van der Waals surface area contributed by atoms with E-state index in [0.29, 0.717) is 20.1 Å². The molecule has 9 heteroatoms. The third-order valence-electron chi connectivity index (χ3n) is 9.24. The summed E-state index contributed by atoms with van der Waals surface area (Å²) in [5.74, 6) is 0. The van der Waals surface area contributed by atoms with Gasteiger partial charge in [0.05, 0.1) is 50.8 Å². The maximum absolute atomic E-state index is 6.71. The molecule has 57 heavy (non-hydrogen) atoms. The number of benzene rings is 6. The number of anilines is 5. The van der Waals surface area contributed by atoms with E-state index in [4.69, 9.17) is 55.2 Å². The summed E-state index contributed by atoms with van der Waals surface area (Å²) in [6.45, 7) is 12.9. The molecule has 2 aromatic heterocycles. The van der Waals surface area contributed by atoms with E-state index in [0.717, 1.165) is 60.0 Å². The molecule has 4 nitrogen and oxygen atoms in total. The van der Waals surface area contributed by atoms with Gasteiger partial charge in [0.1, 0.15) is 0 Å². The minimum atomic E-state index is -0.0557. The van der Waals surface area contributed by atoms with Crippen LogP contribution in [0.25, 0.3) is 21.5 Å². The van der Waals surface area contributed by atoms with E-state index in [1.165, 1.54) is 5.56 Å². The molecular weight excluding hydrogens is 858 g/mol. The molecule has 292 valence electrons. The number of para-hydroxylation sites is 2. The molecule has 8 rings (SSSR count). The summed E-state index contributed by atoms with van der Waals surface area (Å²) in [7, 11) is 0. The van der Waals surface area contributed by atoms with Crippen molar-refractivity contribution in [3.8, 4) is 0 Å². The van der Waals surface area contributed by atoms with Crippen molar-refractivity contribution < 1.29 is 8.83 Å². The first-order valence-corrected chi connectivity index (χ1v) is 20.6. The van der Waals surface area contributed by atoms with E-state index >= 15 is 0 Å². The van der Waals surface area contributed by atoms with Crippen molar-refractivity contribution in [2.75, 3.05) is 10.2 Å². The standard InChI is InChI=1S/C24H21Cl2NO.C14H11NO.C10H11BrCl2/c1-24(2,3)18-12-21(25)23(26)22(13-18)27(19-7-5-4-6-8-19)20-10-9-16-14-28-15-17(16)11-20;1-2-4-13(5-3-1)15-14-7-6-11-9-16-10-12(11)8-14;1-10(2,3)6-4-7(11)9(13)8(12)5-6/h4-15H,1-3H3;1-10,15H;4-5H,1-3H3. The van der Waals surface area contributed by atoms with Gasteiger partial charge < -0.3 is 19.1 Å². The summed E-state index contributed by atoms with van der Waals surface area (Å²) in [6.07, 6.45) is 7.01. The maximum Gasteiger partial charge on any atom is 0.0982 e. The van der Waals surface area contributed by atoms with Crippen LogP contribution in [0.15, 0.2) is 160 Å². The fourth-order valence-corrected chi connectivity index (χ4v) is 7.30. The molecule has 0 spiro atoms. The van der Waals surface area contributed by atoms with Crippen molar-refractivity contribution in [2.24, 2.45) is 0 Å². The van der Waals surface area contributed by atoms with Crippen molar-refractivity contribution >= 4 is 112 Å². The number of fused-ring (bicyclic) bond motifs is 2. The Morgan fingerprint density at radius 3 is 1.58 bits per heavy atom. The number of halogens is 5. The second-order valence-electron chi connectivity index (χ2n) is 15.6. The van der Waals surface area contributed by atoms with Crippen LogP contribution in [0.5, 0.6) is 0 Å². The normalized spacial score (nSPS) is 11.4. The van der Waals surface area contributed by atoms with Gasteiger partial charge in [0.25, 0.3) is 0 Å². The smallest absolute Gasteiger partial charge is 0.0982 e. The Morgan fingerprint density at radius 2 is 1.00 bits per heavy atom. The molecule has 0 aliphatic rings. The van der Waals surface area contributed by atoms with Gasteiger partial charge in [-0.25, -0.2) is 0 Å². The van der Waals surface area contributed by atoms with E-state index in [1.807, 2.05) is 84.9 Å². The first-order chi connectivity index (χ1) is 27.1. The van der Waals surface area contributed by atoms with Crippen LogP contribution in [-0.2, 0) is 10.8 Å². The van der Waals surface area contributed by atoms with Gasteiger partial charge in [0.15, 0.2) is 0 Å². The van der Waals surface area contributed by atoms with Gasteiger partial charge in [-0.3, -0.25) is 0 Å². The summed E-state index contributed by atoms with van der Waals surface area (Å²) in [6, 6.07) is 40.7. The molecule has 1 N–H and O–H groups in total. The van der Waals surface area contributed by atoms with Crippen molar-refractivity contribution in [3.05, 3.63) is 182 Å². The van der Waals surface area contributed by atoms with Crippen LogP contribution in [-0.4, -0.2) is 0 Å². The molecule has 0 unspecified atom stereocenters. The summed E-state index contributed by atoms with van der Waals surface area (Å²) in [5, 5.41) is 9.93. The highest BCUT2D eigenvalue weighted by Gasteiger charge is 2.23. The van der Waals surface area contributed by atoms with Crippen LogP contribution in [0, 0.1) is 0 Å². The molecule has 0 saturated carbocycles. The first-order valence-electron chi connectivity index (χ1n) is 18.3. The Kier molecular flexibility index (Phi) is 13.4. The summed E-state index contributed by atoms with van der Waals surface area (Å²) in [5.41, 5.74) is 7.35. The second kappa shape index (κ2) is 18.1. The van der Waals surface area contributed by atoms with E-state index in [2.05, 4.69) is 104 Å². The molecular formula is C48H43BrCl4N2O2. The topological polar surface area (TPSA) is 41.6 Å². The quantitative estimate of drug-likeness (QED) is 0.175. The van der Waals surface area contributed by atoms with Crippen LogP contribution in [0.2, 0.25) is 20.1 Å². The molecule has 2 heterocycles. The highest BCUT2D eigenvalue weighted by atomic mass is 79.9. The monoisotopic (exact) mass is 898 g/mol. The number of nitrogens with zero attached hydrogens (tertiary/aromatic N) is 1. The SMILES string of the molecule is CC(C)(C)c1cc(Cl)c(Cl)c(Br)c1.CC(C)(C)c1cc(Cl)c(Cl)c(N(c2ccccc2)c2ccc3cocc3c2)c1.c1ccc(Nc2ccc3cocc3c2)cc1. The van der Waals surface area contributed by atoms with Gasteiger partial charge in [-0.15, -0.1) is 0 Å². The van der Waals surface area contributed by atoms with Gasteiger partial charge >= 0.3 is 0 Å². The molecule has 8 aromatic rings. The lowest BCUT2D eigenvalue weighted by molar-refractivity contribution is 0.572. The van der Waals surface area contributed by atoms with Crippen molar-refractivity contribution in [1.29, 1.82) is 0 Å². The predicted molar refractivity (Wildman–Crippen MR) is 248 cm³/mol. The summed E-state index contributed by atoms with van der Waals surface area (Å²) < 4.78 is 11.3. The van der Waals surface area contributed by atoms with E-state index in [1.54, 1.807) is 25.1 Å². The van der Waals surface area contributed by atoms with E-state index in [9.17, 15) is 0 Å². The second-order valence-corrected chi connectivity index (χ2v) is 18.0. The number of rotatable bonds is 5. The summed E-state index contributed by atoms with van der Waals surface area (Å²) >= 11 is 28.5. The highest BCUT2D eigenvalue weighted by molar-refractivity contribution is 9.10. The molecule has 0 aliphatic carbocycles. The van der Waals surface area contributed by atoms with E-state index in [-0.39, 0.29) is 10.8 Å². The van der Waals surface area contributed by atoms with Crippen LogP contribution >= 0.6 is 62.3 Å². The average Bonchev–Trinajstić information content (AvgIpc) is 3.85. The first kappa shape index (κ1) is 42.3. The molecule has 0 atom stereocenters. The Bertz CT molecular complexity index is 2570. The van der Waals surface area contributed by atoms with Crippen LogP contribution in [0.3, 0.4) is 0 Å². The number of nitrogens with one attached hydrogen (secondary N) is 1. The zero-order valence-electron chi connectivity index (χ0n) is 32.5. The minimum absolute atomic E-state index is 0.0557. The number of hydrogen-bond donors (Lipinski definition) is 1. The largest absolute Gasteiger partial charge is 0.471 e. The molecule has 0 fully saturated rings. The highest BCUT2D eigenvalue weighted by Crippen LogP contribution is 2.45. The van der Waals surface area contributed by atoms with Gasteiger partial charge in [-0.05, 0) is 123 Å². The average molecular weight is 902 g/mol. The van der Waals surface area contributed by atoms with Crippen LogP contribution in [0.1, 0.15) is 52.7 Å². The van der Waals surface area contributed by atoms with Crippen molar-refractivity contribution in [3.63, 3.8) is 0 Å². The Morgan fingerprint density at radius 1 is 0.491 bits per heavy atom. The van der Waals surface area contributed by atoms with Crippen molar-refractivity contribution in [1.82, 2.24) is 0 Å². The van der Waals surface area contributed by atoms with Crippen LogP contribution in [0.4, 0.5) is 28.4 Å². The van der Waals surface area contributed by atoms with Gasteiger partial charge in [-0.1, -0.05) is 124 Å². The molecule has 0 saturated heterocycles. The number of hydrogen-bond acceptors (Lipinski definition) is 4. The van der Waals surface area contributed by atoms with Crippen LogP contribution < -0.4 is 10.2 Å². The third kappa shape index (κ3) is 10.6. The zero-order chi connectivity index (χ0) is 40.9. The predicted octanol–water partition coefficient (Wildman–Crippen LogP) is 17.7. The molecule has 6 aromatic carbocycles. The third-order valence-corrected chi connectivity index (χ3v) is 11.7. The Labute approximate surface area is 363 Å². The Balaban J connectivity index is 0.000000160. The van der Waals surface area contributed by atoms with Crippen molar-refractivity contribution in [2.45, 2.75) is 52.4 Å². The van der Waals surface area contributed by atoms with Gasteiger partial charge in [-0.2, -0.15) is 0 Å². The van der Waals surface area contributed by atoms with Gasteiger partial charge in [0, 0.05) is 48.8 Å². The lowest BCUT2D eigenvalue weighted by Gasteiger charge is -2.29. The summed E-state index contributed by atoms with van der Waals surface area (Å²) in [4.78, 5) is 2.13. The molecule has 0 aliphatic heterocycles. The number of furan rings is 2. The molecule has 0 amide bonds. The lowest BCUT2D eigenvalue weighted by Crippen LogP contribution is -2.15. The van der Waals surface area contributed by atoms with Gasteiger partial charge in [0.2, 0.25) is 0 Å². The van der Waals surface area contributed by atoms with E-state index < -0.39 is 0 Å². The maximum atomic E-state index is 6.71. The fraction of sp³-hybridized carbons (Fsp3) is 0.167. The Hall–Kier alpha value is -4.36. The zero-order valence-corrected chi connectivity index (χ0v) is 37.1.